The third-order valence-electron chi connectivity index (χ3n) is 5.64. The van der Waals surface area contributed by atoms with Crippen molar-refractivity contribution in [2.75, 3.05) is 13.1 Å². The predicted molar refractivity (Wildman–Crippen MR) is 98.8 cm³/mol. The fourth-order valence-corrected chi connectivity index (χ4v) is 4.81. The van der Waals surface area contributed by atoms with Gasteiger partial charge in [-0.3, -0.25) is 24.4 Å². The highest BCUT2D eigenvalue weighted by Crippen LogP contribution is 2.37. The van der Waals surface area contributed by atoms with Crippen molar-refractivity contribution in [1.29, 1.82) is 0 Å². The number of carbonyl (C=O) groups is 3. The van der Waals surface area contributed by atoms with Crippen LogP contribution in [0.1, 0.15) is 23.3 Å². The Labute approximate surface area is 159 Å². The highest BCUT2D eigenvalue weighted by Gasteiger charge is 2.52. The predicted octanol–water partition coefficient (Wildman–Crippen LogP) is 1.91. The first-order valence-electron chi connectivity index (χ1n) is 9.04. The molecule has 7 nitrogen and oxygen atoms in total. The van der Waals surface area contributed by atoms with Gasteiger partial charge >= 0.3 is 0 Å². The maximum absolute atomic E-state index is 12.6. The van der Waals surface area contributed by atoms with E-state index in [0.717, 1.165) is 10.6 Å². The summed E-state index contributed by atoms with van der Waals surface area (Å²) in [5.74, 6) is -0.764. The summed E-state index contributed by atoms with van der Waals surface area (Å²) < 4.78 is 0. The van der Waals surface area contributed by atoms with Crippen LogP contribution in [-0.4, -0.2) is 56.9 Å². The average molecular weight is 382 g/mol. The van der Waals surface area contributed by atoms with Crippen LogP contribution in [-0.2, 0) is 9.59 Å². The van der Waals surface area contributed by atoms with Crippen molar-refractivity contribution in [1.82, 2.24) is 20.0 Å². The van der Waals surface area contributed by atoms with Gasteiger partial charge in [-0.1, -0.05) is 18.2 Å². The fraction of sp³-hybridized carbons (Fsp3) is 0.368. The average Bonchev–Trinajstić information content (AvgIpc) is 3.37. The lowest BCUT2D eigenvalue weighted by Gasteiger charge is -2.42. The minimum absolute atomic E-state index is 0.0776. The van der Waals surface area contributed by atoms with Gasteiger partial charge < -0.3 is 4.90 Å². The third kappa shape index (κ3) is 2.55. The van der Waals surface area contributed by atoms with Crippen LogP contribution in [0.4, 0.5) is 0 Å². The SMILES string of the molecule is O=C(c1cc(-c2cccs2)[nH]n1)N1CC(N2C(=O)[C@@H]3CC=CC[C@H]3C2=O)C1. The van der Waals surface area contributed by atoms with Crippen molar-refractivity contribution in [3.63, 3.8) is 0 Å². The molecular weight excluding hydrogens is 364 g/mol. The Morgan fingerprint density at radius 1 is 1.15 bits per heavy atom. The largest absolute Gasteiger partial charge is 0.333 e. The summed E-state index contributed by atoms with van der Waals surface area (Å²) in [6.45, 7) is 0.759. The number of amides is 3. The number of thiophene rings is 1. The van der Waals surface area contributed by atoms with Gasteiger partial charge in [0.15, 0.2) is 5.69 Å². The van der Waals surface area contributed by atoms with Gasteiger partial charge in [-0.2, -0.15) is 5.10 Å². The number of fused-ring (bicyclic) bond motifs is 1. The zero-order chi connectivity index (χ0) is 18.5. The molecule has 0 bridgehead atoms. The molecule has 2 atom stereocenters. The second kappa shape index (κ2) is 6.16. The lowest BCUT2D eigenvalue weighted by atomic mass is 9.85. The summed E-state index contributed by atoms with van der Waals surface area (Å²) in [7, 11) is 0. The van der Waals surface area contributed by atoms with E-state index in [2.05, 4.69) is 10.2 Å². The molecule has 138 valence electrons. The number of nitrogens with zero attached hydrogens (tertiary/aromatic N) is 3. The Balaban J connectivity index is 1.25. The van der Waals surface area contributed by atoms with Gasteiger partial charge in [0, 0.05) is 13.1 Å². The van der Waals surface area contributed by atoms with Crippen molar-refractivity contribution in [3.8, 4) is 10.6 Å². The molecule has 3 aliphatic rings. The first-order valence-corrected chi connectivity index (χ1v) is 9.92. The number of aromatic nitrogens is 2. The quantitative estimate of drug-likeness (QED) is 0.649. The zero-order valence-electron chi connectivity index (χ0n) is 14.5. The molecule has 27 heavy (non-hydrogen) atoms. The summed E-state index contributed by atoms with van der Waals surface area (Å²) in [5.41, 5.74) is 1.17. The maximum Gasteiger partial charge on any atom is 0.274 e. The molecule has 2 aliphatic heterocycles. The number of hydrogen-bond donors (Lipinski definition) is 1. The summed E-state index contributed by atoms with van der Waals surface area (Å²) in [6, 6.07) is 5.44. The van der Waals surface area contributed by atoms with E-state index in [1.54, 1.807) is 22.3 Å². The Kier molecular flexibility index (Phi) is 3.75. The maximum atomic E-state index is 12.6. The molecule has 0 spiro atoms. The number of likely N-dealkylation sites (tertiary alicyclic amines) is 2. The van der Waals surface area contributed by atoms with Gasteiger partial charge in [0.05, 0.1) is 28.4 Å². The van der Waals surface area contributed by atoms with Crippen molar-refractivity contribution in [3.05, 3.63) is 41.4 Å². The van der Waals surface area contributed by atoms with E-state index >= 15 is 0 Å². The van der Waals surface area contributed by atoms with E-state index in [4.69, 9.17) is 0 Å². The highest BCUT2D eigenvalue weighted by atomic mass is 32.1. The summed E-state index contributed by atoms with van der Waals surface area (Å²) in [5, 5.41) is 8.98. The van der Waals surface area contributed by atoms with Gasteiger partial charge in [-0.25, -0.2) is 0 Å². The summed E-state index contributed by atoms with van der Waals surface area (Å²) in [4.78, 5) is 41.9. The molecule has 1 N–H and O–H groups in total. The van der Waals surface area contributed by atoms with Crippen LogP contribution in [0.5, 0.6) is 0 Å². The van der Waals surface area contributed by atoms with E-state index < -0.39 is 0 Å². The standard InChI is InChI=1S/C19H18N4O3S/c24-17-12-4-1-2-5-13(12)18(25)23(17)11-9-22(10-11)19(26)15-8-14(20-21-15)16-6-3-7-27-16/h1-3,6-8,11-13H,4-5,9-10H2,(H,20,21)/t12-,13-/m1/s1. The van der Waals surface area contributed by atoms with E-state index in [9.17, 15) is 14.4 Å². The summed E-state index contributed by atoms with van der Waals surface area (Å²) >= 11 is 1.57. The van der Waals surface area contributed by atoms with Crippen LogP contribution in [0.2, 0.25) is 0 Å². The van der Waals surface area contributed by atoms with Gasteiger partial charge in [0.25, 0.3) is 5.91 Å². The second-order valence-electron chi connectivity index (χ2n) is 7.21. The molecule has 2 aromatic rings. The molecule has 2 saturated heterocycles. The number of imide groups is 1. The molecule has 0 saturated carbocycles. The Bertz CT molecular complexity index is 916. The number of rotatable bonds is 3. The van der Waals surface area contributed by atoms with Gasteiger partial charge in [-0.05, 0) is 30.4 Å². The van der Waals surface area contributed by atoms with Gasteiger partial charge in [0.1, 0.15) is 0 Å². The van der Waals surface area contributed by atoms with Crippen LogP contribution in [0.3, 0.4) is 0 Å². The van der Waals surface area contributed by atoms with E-state index in [0.29, 0.717) is 31.6 Å². The first-order chi connectivity index (χ1) is 13.1. The van der Waals surface area contributed by atoms with Crippen molar-refractivity contribution in [2.24, 2.45) is 11.8 Å². The molecule has 3 amide bonds. The number of nitrogens with one attached hydrogen (secondary N) is 1. The highest BCUT2D eigenvalue weighted by molar-refractivity contribution is 7.13. The summed E-state index contributed by atoms with van der Waals surface area (Å²) in [6.07, 6.45) is 5.24. The number of H-pyrrole nitrogens is 1. The van der Waals surface area contributed by atoms with Crippen LogP contribution < -0.4 is 0 Å². The molecule has 0 aromatic carbocycles. The van der Waals surface area contributed by atoms with E-state index in [1.165, 1.54) is 4.90 Å². The molecular formula is C19H18N4O3S. The number of aromatic amines is 1. The normalized spacial score (nSPS) is 25.0. The van der Waals surface area contributed by atoms with Crippen LogP contribution in [0.25, 0.3) is 10.6 Å². The minimum atomic E-state index is -0.216. The van der Waals surface area contributed by atoms with Crippen molar-refractivity contribution in [2.45, 2.75) is 18.9 Å². The molecule has 4 heterocycles. The molecule has 1 aliphatic carbocycles. The molecule has 2 fully saturated rings. The molecule has 2 aromatic heterocycles. The second-order valence-corrected chi connectivity index (χ2v) is 8.16. The van der Waals surface area contributed by atoms with E-state index in [1.807, 2.05) is 29.7 Å². The zero-order valence-corrected chi connectivity index (χ0v) is 15.3. The fourth-order valence-electron chi connectivity index (χ4n) is 4.12. The molecule has 0 radical (unpaired) electrons. The lowest BCUT2D eigenvalue weighted by molar-refractivity contribution is -0.145. The van der Waals surface area contributed by atoms with Crippen molar-refractivity contribution < 1.29 is 14.4 Å². The van der Waals surface area contributed by atoms with E-state index in [-0.39, 0.29) is 35.6 Å². The van der Waals surface area contributed by atoms with Crippen LogP contribution in [0.15, 0.2) is 35.7 Å². The Hall–Kier alpha value is -2.74. The lowest BCUT2D eigenvalue weighted by Crippen LogP contribution is -2.62. The molecule has 0 unspecified atom stereocenters. The molecule has 5 rings (SSSR count). The minimum Gasteiger partial charge on any atom is -0.333 e. The number of carbonyl (C=O) groups excluding carboxylic acids is 3. The monoisotopic (exact) mass is 382 g/mol. The Morgan fingerprint density at radius 2 is 1.85 bits per heavy atom. The Morgan fingerprint density at radius 3 is 2.48 bits per heavy atom. The first kappa shape index (κ1) is 16.4. The molecule has 8 heteroatoms. The third-order valence-corrected chi connectivity index (χ3v) is 6.54. The topological polar surface area (TPSA) is 86.4 Å². The smallest absolute Gasteiger partial charge is 0.274 e. The van der Waals surface area contributed by atoms with Crippen LogP contribution in [0, 0.1) is 11.8 Å². The van der Waals surface area contributed by atoms with Crippen LogP contribution >= 0.6 is 11.3 Å². The van der Waals surface area contributed by atoms with Crippen molar-refractivity contribution >= 4 is 29.1 Å². The number of allylic oxidation sites excluding steroid dienone is 2. The number of hydrogen-bond acceptors (Lipinski definition) is 5. The van der Waals surface area contributed by atoms with Gasteiger partial charge in [0.2, 0.25) is 11.8 Å². The van der Waals surface area contributed by atoms with Gasteiger partial charge in [-0.15, -0.1) is 11.3 Å².